The maximum Gasteiger partial charge on any atom is 0.225 e. The number of pyridine rings is 1. The van der Waals surface area contributed by atoms with Gasteiger partial charge in [0.2, 0.25) is 11.9 Å². The van der Waals surface area contributed by atoms with Crippen molar-refractivity contribution in [2.24, 2.45) is 11.0 Å². The molecule has 1 aromatic carbocycles. The highest BCUT2D eigenvalue weighted by atomic mass is 16.2. The number of imidazole rings is 1. The van der Waals surface area contributed by atoms with E-state index in [0.29, 0.717) is 23.7 Å². The Hall–Kier alpha value is -3.46. The fourth-order valence-electron chi connectivity index (χ4n) is 4.82. The van der Waals surface area contributed by atoms with Crippen molar-refractivity contribution in [2.45, 2.75) is 25.3 Å². The quantitative estimate of drug-likeness (QED) is 0.590. The summed E-state index contributed by atoms with van der Waals surface area (Å²) in [6.07, 6.45) is 5.98. The number of piperazine rings is 1. The number of anilines is 2. The summed E-state index contributed by atoms with van der Waals surface area (Å²) < 4.78 is 0. The largest absolute Gasteiger partial charge is 0.340 e. The summed E-state index contributed by atoms with van der Waals surface area (Å²) in [5.41, 5.74) is 4.35. The number of carbonyl (C=O) groups excluding carboxylic acids is 1. The molecule has 2 fully saturated rings. The zero-order valence-corrected chi connectivity index (χ0v) is 19.4. The lowest BCUT2D eigenvalue weighted by Gasteiger charge is -2.34. The van der Waals surface area contributed by atoms with Crippen LogP contribution in [0.5, 0.6) is 0 Å². The lowest BCUT2D eigenvalue weighted by atomic mass is 10.0. The third-order valence-corrected chi connectivity index (χ3v) is 6.93. The molecule has 1 saturated heterocycles. The van der Waals surface area contributed by atoms with E-state index in [1.165, 1.54) is 11.1 Å². The van der Waals surface area contributed by atoms with Crippen LogP contribution < -0.4 is 5.32 Å². The molecule has 176 valence electrons. The molecular weight excluding hydrogens is 428 g/mol. The van der Waals surface area contributed by atoms with Gasteiger partial charge in [-0.15, -0.1) is 0 Å². The van der Waals surface area contributed by atoms with Gasteiger partial charge in [-0.3, -0.25) is 14.7 Å². The first-order valence-corrected chi connectivity index (χ1v) is 12.1. The SMILES string of the molecule is CN1CC(c2ccc3nc(Nc4cc(CN5CCN(C(=O)C6CC6)CC5)ccn4)[nH]c3c2)C=N1. The average Bonchev–Trinajstić information content (AvgIpc) is 3.48. The third kappa shape index (κ3) is 4.48. The Morgan fingerprint density at radius 1 is 1.15 bits per heavy atom. The highest BCUT2D eigenvalue weighted by molar-refractivity contribution is 5.82. The van der Waals surface area contributed by atoms with Gasteiger partial charge in [-0.2, -0.15) is 5.10 Å². The molecule has 0 bridgehead atoms. The summed E-state index contributed by atoms with van der Waals surface area (Å²) in [5.74, 6) is 2.42. The van der Waals surface area contributed by atoms with Gasteiger partial charge in [0.05, 0.1) is 11.0 Å². The smallest absolute Gasteiger partial charge is 0.225 e. The van der Waals surface area contributed by atoms with E-state index in [1.54, 1.807) is 0 Å². The fraction of sp³-hybridized carbons (Fsp3) is 0.440. The monoisotopic (exact) mass is 458 g/mol. The van der Waals surface area contributed by atoms with Crippen molar-refractivity contribution in [3.05, 3.63) is 47.7 Å². The minimum absolute atomic E-state index is 0.307. The van der Waals surface area contributed by atoms with Crippen molar-refractivity contribution >= 4 is 34.9 Å². The molecule has 4 heterocycles. The van der Waals surface area contributed by atoms with E-state index in [-0.39, 0.29) is 0 Å². The van der Waals surface area contributed by atoms with Gasteiger partial charge in [-0.1, -0.05) is 6.07 Å². The topological polar surface area (TPSA) is 92.8 Å². The second-order valence-electron chi connectivity index (χ2n) is 9.62. The number of hydrogen-bond acceptors (Lipinski definition) is 7. The van der Waals surface area contributed by atoms with Crippen molar-refractivity contribution in [3.63, 3.8) is 0 Å². The summed E-state index contributed by atoms with van der Waals surface area (Å²) in [6.45, 7) is 5.23. The van der Waals surface area contributed by atoms with Crippen LogP contribution in [0.1, 0.15) is 29.9 Å². The first-order chi connectivity index (χ1) is 16.6. The second kappa shape index (κ2) is 8.72. The van der Waals surface area contributed by atoms with Crippen LogP contribution in [0.4, 0.5) is 11.8 Å². The van der Waals surface area contributed by atoms with Crippen LogP contribution >= 0.6 is 0 Å². The zero-order chi connectivity index (χ0) is 23.1. The Kier molecular flexibility index (Phi) is 5.41. The van der Waals surface area contributed by atoms with Crippen molar-refractivity contribution in [1.29, 1.82) is 0 Å². The highest BCUT2D eigenvalue weighted by Gasteiger charge is 2.34. The summed E-state index contributed by atoms with van der Waals surface area (Å²) in [6, 6.07) is 10.5. The lowest BCUT2D eigenvalue weighted by Crippen LogP contribution is -2.48. The number of aromatic amines is 1. The number of benzene rings is 1. The molecular formula is C25H30N8O. The molecule has 3 aliphatic rings. The van der Waals surface area contributed by atoms with Gasteiger partial charge in [0, 0.05) is 70.6 Å². The number of rotatable bonds is 6. The molecule has 9 nitrogen and oxygen atoms in total. The molecule has 0 radical (unpaired) electrons. The van der Waals surface area contributed by atoms with E-state index in [0.717, 1.165) is 69.0 Å². The first kappa shape index (κ1) is 21.1. The number of hydrogen-bond donors (Lipinski definition) is 2. The summed E-state index contributed by atoms with van der Waals surface area (Å²) >= 11 is 0. The Labute approximate surface area is 198 Å². The summed E-state index contributed by atoms with van der Waals surface area (Å²) in [4.78, 5) is 29.3. The Balaban J connectivity index is 1.09. The molecule has 1 atom stereocenters. The van der Waals surface area contributed by atoms with Crippen LogP contribution in [-0.4, -0.2) is 81.7 Å². The van der Waals surface area contributed by atoms with Crippen molar-refractivity contribution in [2.75, 3.05) is 45.1 Å². The molecule has 1 unspecified atom stereocenters. The van der Waals surface area contributed by atoms with Crippen molar-refractivity contribution in [1.82, 2.24) is 29.8 Å². The van der Waals surface area contributed by atoms with Crippen LogP contribution in [0.25, 0.3) is 11.0 Å². The maximum absolute atomic E-state index is 12.3. The molecule has 34 heavy (non-hydrogen) atoms. The predicted octanol–water partition coefficient (Wildman–Crippen LogP) is 2.77. The highest BCUT2D eigenvalue weighted by Crippen LogP contribution is 2.31. The third-order valence-electron chi connectivity index (χ3n) is 6.93. The van der Waals surface area contributed by atoms with Crippen molar-refractivity contribution < 1.29 is 4.79 Å². The number of hydrazone groups is 1. The molecule has 1 saturated carbocycles. The molecule has 1 amide bonds. The van der Waals surface area contributed by atoms with Gasteiger partial charge in [-0.25, -0.2) is 9.97 Å². The number of carbonyl (C=O) groups is 1. The molecule has 2 N–H and O–H groups in total. The van der Waals surface area contributed by atoms with E-state index < -0.39 is 0 Å². The van der Waals surface area contributed by atoms with Crippen LogP contribution in [0.2, 0.25) is 0 Å². The fourth-order valence-corrected chi connectivity index (χ4v) is 4.82. The standard InChI is InChI=1S/C25H30N8O/c1-31-16-20(14-27-31)19-4-5-21-22(13-19)29-25(28-21)30-23-12-17(6-7-26-23)15-32-8-10-33(11-9-32)24(34)18-2-3-18/h4-7,12-14,18,20H,2-3,8-11,15-16H2,1H3,(H2,26,28,29,30). The van der Waals surface area contributed by atoms with Crippen LogP contribution in [0, 0.1) is 5.92 Å². The number of H-pyrrole nitrogens is 1. The molecule has 6 rings (SSSR count). The molecule has 3 aromatic rings. The van der Waals surface area contributed by atoms with Crippen LogP contribution in [0.3, 0.4) is 0 Å². The normalized spacial score (nSPS) is 20.9. The first-order valence-electron chi connectivity index (χ1n) is 12.1. The summed E-state index contributed by atoms with van der Waals surface area (Å²) in [7, 11) is 1.99. The van der Waals surface area contributed by atoms with Gasteiger partial charge < -0.3 is 15.2 Å². The Morgan fingerprint density at radius 3 is 2.76 bits per heavy atom. The van der Waals surface area contributed by atoms with Gasteiger partial charge in [0.25, 0.3) is 0 Å². The van der Waals surface area contributed by atoms with E-state index in [1.807, 2.05) is 29.4 Å². The number of nitrogens with zero attached hydrogens (tertiary/aromatic N) is 6. The molecule has 9 heteroatoms. The van der Waals surface area contributed by atoms with Crippen molar-refractivity contribution in [3.8, 4) is 0 Å². The maximum atomic E-state index is 12.3. The lowest BCUT2D eigenvalue weighted by molar-refractivity contribution is -0.134. The number of aromatic nitrogens is 3. The Bertz CT molecular complexity index is 1220. The molecule has 0 spiro atoms. The van der Waals surface area contributed by atoms with E-state index in [4.69, 9.17) is 0 Å². The van der Waals surface area contributed by atoms with E-state index in [9.17, 15) is 4.79 Å². The second-order valence-corrected chi connectivity index (χ2v) is 9.62. The van der Waals surface area contributed by atoms with Gasteiger partial charge in [0.1, 0.15) is 5.82 Å². The predicted molar refractivity (Wildman–Crippen MR) is 132 cm³/mol. The Morgan fingerprint density at radius 2 is 2.00 bits per heavy atom. The number of amides is 1. The number of likely N-dealkylation sites (N-methyl/N-ethyl adjacent to an activating group) is 1. The molecule has 1 aliphatic carbocycles. The van der Waals surface area contributed by atoms with Crippen LogP contribution in [-0.2, 0) is 11.3 Å². The van der Waals surface area contributed by atoms with Crippen LogP contribution in [0.15, 0.2) is 41.6 Å². The number of fused-ring (bicyclic) bond motifs is 1. The van der Waals surface area contributed by atoms with E-state index in [2.05, 4.69) is 60.6 Å². The molecule has 2 aromatic heterocycles. The van der Waals surface area contributed by atoms with Gasteiger partial charge >= 0.3 is 0 Å². The average molecular weight is 459 g/mol. The van der Waals surface area contributed by atoms with E-state index >= 15 is 0 Å². The van der Waals surface area contributed by atoms with Gasteiger partial charge in [-0.05, 0) is 48.2 Å². The van der Waals surface area contributed by atoms with Gasteiger partial charge in [0.15, 0.2) is 0 Å². The minimum Gasteiger partial charge on any atom is -0.340 e. The zero-order valence-electron chi connectivity index (χ0n) is 19.4. The summed E-state index contributed by atoms with van der Waals surface area (Å²) in [5, 5.41) is 9.63. The minimum atomic E-state index is 0.307. The molecule has 2 aliphatic heterocycles. The number of nitrogens with one attached hydrogen (secondary N) is 2.